The molecule has 0 atom stereocenters. The normalized spacial score (nSPS) is 16.1. The van der Waals surface area contributed by atoms with Gasteiger partial charge in [-0.05, 0) is 59.3 Å². The van der Waals surface area contributed by atoms with Crippen LogP contribution in [-0.2, 0) is 6.42 Å². The number of benzene rings is 2. The predicted molar refractivity (Wildman–Crippen MR) is 118 cm³/mol. The average Bonchev–Trinajstić information content (AvgIpc) is 3.30. The monoisotopic (exact) mass is 406 g/mol. The zero-order valence-electron chi connectivity index (χ0n) is 16.3. The molecule has 0 saturated carbocycles. The van der Waals surface area contributed by atoms with Crippen molar-refractivity contribution in [1.29, 1.82) is 0 Å². The van der Waals surface area contributed by atoms with E-state index in [1.54, 1.807) is 31.9 Å². The van der Waals surface area contributed by atoms with Gasteiger partial charge in [-0.15, -0.1) is 11.3 Å². The SMILES string of the molecule is COc1cccc(Oc2cc3c(cc2OC)CCN/C=N\C(c2cccs2)=C\3)c1. The van der Waals surface area contributed by atoms with Crippen LogP contribution in [0.5, 0.6) is 23.0 Å². The Bertz CT molecular complexity index is 1040. The molecule has 0 bridgehead atoms. The maximum absolute atomic E-state index is 6.15. The molecule has 1 aliphatic heterocycles. The topological polar surface area (TPSA) is 52.1 Å². The third kappa shape index (κ3) is 4.43. The molecule has 5 nitrogen and oxygen atoms in total. The van der Waals surface area contributed by atoms with Crippen LogP contribution in [0, 0.1) is 0 Å². The number of hydrogen-bond acceptors (Lipinski definition) is 6. The van der Waals surface area contributed by atoms with Crippen molar-refractivity contribution >= 4 is 29.4 Å². The van der Waals surface area contributed by atoms with Gasteiger partial charge >= 0.3 is 0 Å². The summed E-state index contributed by atoms with van der Waals surface area (Å²) in [5.74, 6) is 2.77. The molecule has 6 heteroatoms. The molecule has 0 spiro atoms. The average molecular weight is 407 g/mol. The molecule has 0 radical (unpaired) electrons. The van der Waals surface area contributed by atoms with Crippen LogP contribution in [0.2, 0.25) is 0 Å². The smallest absolute Gasteiger partial charge is 0.169 e. The van der Waals surface area contributed by atoms with E-state index in [2.05, 4.69) is 27.8 Å². The van der Waals surface area contributed by atoms with E-state index in [9.17, 15) is 0 Å². The summed E-state index contributed by atoms with van der Waals surface area (Å²) in [6, 6.07) is 15.7. The van der Waals surface area contributed by atoms with Gasteiger partial charge in [0.25, 0.3) is 0 Å². The molecule has 0 aliphatic carbocycles. The lowest BCUT2D eigenvalue weighted by molar-refractivity contribution is 0.375. The summed E-state index contributed by atoms with van der Waals surface area (Å²) in [5.41, 5.74) is 3.15. The molecule has 0 fully saturated rings. The molecule has 3 aromatic rings. The maximum Gasteiger partial charge on any atom is 0.169 e. The van der Waals surface area contributed by atoms with Crippen LogP contribution in [0.1, 0.15) is 16.0 Å². The van der Waals surface area contributed by atoms with Gasteiger partial charge < -0.3 is 19.5 Å². The number of nitrogens with one attached hydrogen (secondary N) is 1. The van der Waals surface area contributed by atoms with Crippen molar-refractivity contribution < 1.29 is 14.2 Å². The summed E-state index contributed by atoms with van der Waals surface area (Å²) in [5, 5.41) is 5.30. The Morgan fingerprint density at radius 2 is 1.86 bits per heavy atom. The van der Waals surface area contributed by atoms with Gasteiger partial charge in [-0.1, -0.05) is 12.1 Å². The number of ether oxygens (including phenoxy) is 3. The van der Waals surface area contributed by atoms with Gasteiger partial charge in [0.1, 0.15) is 11.5 Å². The van der Waals surface area contributed by atoms with Gasteiger partial charge in [0, 0.05) is 12.6 Å². The Morgan fingerprint density at radius 3 is 2.66 bits per heavy atom. The second-order valence-electron chi connectivity index (χ2n) is 6.45. The van der Waals surface area contributed by atoms with Gasteiger partial charge in [-0.25, -0.2) is 4.99 Å². The van der Waals surface area contributed by atoms with E-state index >= 15 is 0 Å². The van der Waals surface area contributed by atoms with E-state index in [-0.39, 0.29) is 0 Å². The molecule has 2 aromatic carbocycles. The highest BCUT2D eigenvalue weighted by molar-refractivity contribution is 7.11. The number of fused-ring (bicyclic) bond motifs is 1. The van der Waals surface area contributed by atoms with E-state index in [0.29, 0.717) is 17.2 Å². The van der Waals surface area contributed by atoms with Crippen molar-refractivity contribution in [2.45, 2.75) is 6.42 Å². The van der Waals surface area contributed by atoms with Gasteiger partial charge in [0.15, 0.2) is 11.5 Å². The first-order chi connectivity index (χ1) is 14.3. The van der Waals surface area contributed by atoms with Crippen molar-refractivity contribution in [3.05, 3.63) is 69.9 Å². The molecule has 0 unspecified atom stereocenters. The van der Waals surface area contributed by atoms with Crippen molar-refractivity contribution in [2.24, 2.45) is 4.99 Å². The summed E-state index contributed by atoms with van der Waals surface area (Å²) in [6.45, 7) is 0.793. The van der Waals surface area contributed by atoms with Crippen LogP contribution < -0.4 is 19.5 Å². The highest BCUT2D eigenvalue weighted by atomic mass is 32.1. The number of thiophene rings is 1. The summed E-state index contributed by atoms with van der Waals surface area (Å²) in [4.78, 5) is 5.72. The van der Waals surface area contributed by atoms with Crippen LogP contribution in [0.3, 0.4) is 0 Å². The molecular formula is C23H22N2O3S. The molecule has 0 amide bonds. The number of rotatable bonds is 5. The number of nitrogens with zero attached hydrogens (tertiary/aromatic N) is 1. The fraction of sp³-hybridized carbons (Fsp3) is 0.174. The number of aliphatic imine (C=N–C) groups is 1. The van der Waals surface area contributed by atoms with Gasteiger partial charge in [0.05, 0.1) is 31.1 Å². The minimum atomic E-state index is 0.650. The van der Waals surface area contributed by atoms with Crippen molar-refractivity contribution in [2.75, 3.05) is 20.8 Å². The highest BCUT2D eigenvalue weighted by Crippen LogP contribution is 2.37. The van der Waals surface area contributed by atoms with Gasteiger partial charge in [-0.3, -0.25) is 0 Å². The van der Waals surface area contributed by atoms with Crippen LogP contribution in [-0.4, -0.2) is 27.1 Å². The molecule has 4 rings (SSSR count). The van der Waals surface area contributed by atoms with E-state index in [1.165, 1.54) is 5.56 Å². The molecule has 29 heavy (non-hydrogen) atoms. The molecule has 0 saturated heterocycles. The highest BCUT2D eigenvalue weighted by Gasteiger charge is 2.14. The second kappa shape index (κ2) is 8.84. The lowest BCUT2D eigenvalue weighted by Crippen LogP contribution is -2.14. The minimum absolute atomic E-state index is 0.650. The Labute approximate surface area is 174 Å². The summed E-state index contributed by atoms with van der Waals surface area (Å²) < 4.78 is 17.1. The first-order valence-electron chi connectivity index (χ1n) is 9.31. The zero-order chi connectivity index (χ0) is 20.1. The fourth-order valence-electron chi connectivity index (χ4n) is 3.13. The second-order valence-corrected chi connectivity index (χ2v) is 7.40. The Kier molecular flexibility index (Phi) is 5.81. The molecule has 1 N–H and O–H groups in total. The summed E-state index contributed by atoms with van der Waals surface area (Å²) in [6.07, 6.45) is 4.72. The van der Waals surface area contributed by atoms with Crippen molar-refractivity contribution in [1.82, 2.24) is 5.32 Å². The fourth-order valence-corrected chi connectivity index (χ4v) is 3.82. The zero-order valence-corrected chi connectivity index (χ0v) is 17.2. The van der Waals surface area contributed by atoms with Crippen LogP contribution in [0.25, 0.3) is 11.8 Å². The van der Waals surface area contributed by atoms with Crippen LogP contribution in [0.4, 0.5) is 0 Å². The Hall–Kier alpha value is -3.25. The minimum Gasteiger partial charge on any atom is -0.497 e. The summed E-state index contributed by atoms with van der Waals surface area (Å²) in [7, 11) is 3.29. The van der Waals surface area contributed by atoms with Gasteiger partial charge in [0.2, 0.25) is 0 Å². The molecular weight excluding hydrogens is 384 g/mol. The van der Waals surface area contributed by atoms with Crippen LogP contribution in [0.15, 0.2) is 58.9 Å². The quantitative estimate of drug-likeness (QED) is 0.630. The Morgan fingerprint density at radius 1 is 0.966 bits per heavy atom. The largest absolute Gasteiger partial charge is 0.497 e. The third-order valence-corrected chi connectivity index (χ3v) is 5.49. The first kappa shape index (κ1) is 19.1. The lowest BCUT2D eigenvalue weighted by atomic mass is 10.0. The number of hydrogen-bond donors (Lipinski definition) is 1. The van der Waals surface area contributed by atoms with E-state index in [1.807, 2.05) is 42.5 Å². The maximum atomic E-state index is 6.15. The number of methoxy groups -OCH3 is 2. The van der Waals surface area contributed by atoms with Gasteiger partial charge in [-0.2, -0.15) is 0 Å². The molecule has 2 heterocycles. The van der Waals surface area contributed by atoms with Crippen LogP contribution >= 0.6 is 11.3 Å². The molecule has 148 valence electrons. The first-order valence-corrected chi connectivity index (χ1v) is 10.2. The standard InChI is InChI=1S/C23H22N2O3S/c1-26-18-5-3-6-19(14-18)28-22-13-17-11-20(23-7-4-10-29-23)25-15-24-9-8-16(17)12-21(22)27-2/h3-7,10-15H,8-9H2,1-2H3,(H,24,25)/b20-11+. The molecule has 1 aromatic heterocycles. The van der Waals surface area contributed by atoms with E-state index < -0.39 is 0 Å². The summed E-state index contributed by atoms with van der Waals surface area (Å²) >= 11 is 1.67. The van der Waals surface area contributed by atoms with Crippen molar-refractivity contribution in [3.8, 4) is 23.0 Å². The molecule has 1 aliphatic rings. The lowest BCUT2D eigenvalue weighted by Gasteiger charge is -2.15. The Balaban J connectivity index is 1.77. The van der Waals surface area contributed by atoms with Crippen molar-refractivity contribution in [3.63, 3.8) is 0 Å². The van der Waals surface area contributed by atoms with E-state index in [4.69, 9.17) is 14.2 Å². The van der Waals surface area contributed by atoms with E-state index in [0.717, 1.165) is 34.9 Å². The predicted octanol–water partition coefficient (Wildman–Crippen LogP) is 5.23. The third-order valence-electron chi connectivity index (χ3n) is 4.59.